The lowest BCUT2D eigenvalue weighted by atomic mass is 10.0. The van der Waals surface area contributed by atoms with Gasteiger partial charge in [-0.1, -0.05) is 51.7 Å². The highest BCUT2D eigenvalue weighted by atomic mass is 16.3. The van der Waals surface area contributed by atoms with Crippen molar-refractivity contribution in [3.63, 3.8) is 0 Å². The number of nitrogens with zero attached hydrogens (tertiary/aromatic N) is 3. The molecule has 0 bridgehead atoms. The first-order chi connectivity index (χ1) is 11.3. The van der Waals surface area contributed by atoms with Crippen LogP contribution in [0.1, 0.15) is 73.1 Å². The lowest BCUT2D eigenvalue weighted by molar-refractivity contribution is 0.230. The van der Waals surface area contributed by atoms with E-state index >= 15 is 0 Å². The molecule has 1 atom stereocenters. The predicted molar refractivity (Wildman–Crippen MR) is 104 cm³/mol. The van der Waals surface area contributed by atoms with Crippen molar-refractivity contribution >= 4 is 0 Å². The molecule has 0 saturated heterocycles. The Morgan fingerprint density at radius 1 is 0.875 bits per heavy atom. The second-order valence-corrected chi connectivity index (χ2v) is 6.63. The van der Waals surface area contributed by atoms with Crippen molar-refractivity contribution in [3.8, 4) is 0 Å². The van der Waals surface area contributed by atoms with Crippen LogP contribution in [0.25, 0.3) is 10.4 Å². The molecule has 0 amide bonds. The molecule has 4 heteroatoms. The highest BCUT2D eigenvalue weighted by Crippen LogP contribution is 2.13. The number of hydrogen-bond donors (Lipinski definition) is 1. The highest BCUT2D eigenvalue weighted by Gasteiger charge is 1.97. The molecule has 1 N–H and O–H groups in total. The van der Waals surface area contributed by atoms with Gasteiger partial charge in [0.05, 0.1) is 0 Å². The molecule has 0 fully saturated rings. The van der Waals surface area contributed by atoms with Crippen LogP contribution in [-0.4, -0.2) is 11.3 Å². The minimum atomic E-state index is -1.06. The van der Waals surface area contributed by atoms with Gasteiger partial charge in [0.1, 0.15) is 0 Å². The van der Waals surface area contributed by atoms with Gasteiger partial charge in [-0.15, -0.1) is 0 Å². The first-order valence-corrected chi connectivity index (χ1v) is 8.69. The van der Waals surface area contributed by atoms with E-state index in [1.54, 1.807) is 6.08 Å². The van der Waals surface area contributed by atoms with E-state index < -0.39 is 6.23 Å². The number of hydrogen-bond acceptors (Lipinski definition) is 2. The van der Waals surface area contributed by atoms with Gasteiger partial charge < -0.3 is 5.11 Å². The minimum absolute atomic E-state index is 0.868. The van der Waals surface area contributed by atoms with Crippen LogP contribution in [0, 0.1) is 0 Å². The normalized spacial score (nSPS) is 14.2. The molecule has 1 unspecified atom stereocenters. The zero-order valence-corrected chi connectivity index (χ0v) is 15.9. The molecule has 0 heterocycles. The third kappa shape index (κ3) is 13.9. The molecule has 0 aliphatic rings. The van der Waals surface area contributed by atoms with Crippen LogP contribution in [0.3, 0.4) is 0 Å². The third-order valence-corrected chi connectivity index (χ3v) is 3.76. The van der Waals surface area contributed by atoms with Crippen LogP contribution in [-0.2, 0) is 0 Å². The second-order valence-electron chi connectivity index (χ2n) is 6.63. The molecule has 24 heavy (non-hydrogen) atoms. The SMILES string of the molecule is CC(C)=CCC/C(C)=C/CC/C(C)=C/CC/C(C)=C/C(O)N=[N+]=[N-]. The van der Waals surface area contributed by atoms with E-state index in [0.717, 1.165) is 44.1 Å². The van der Waals surface area contributed by atoms with E-state index in [1.165, 1.54) is 16.7 Å². The van der Waals surface area contributed by atoms with Crippen molar-refractivity contribution in [3.05, 3.63) is 57.0 Å². The first kappa shape index (κ1) is 22.2. The molecular weight excluding hydrogens is 298 g/mol. The fourth-order valence-electron chi connectivity index (χ4n) is 2.31. The van der Waals surface area contributed by atoms with Crippen molar-refractivity contribution in [2.24, 2.45) is 5.11 Å². The summed E-state index contributed by atoms with van der Waals surface area (Å²) in [5.74, 6) is 0. The molecule has 4 nitrogen and oxygen atoms in total. The highest BCUT2D eigenvalue weighted by molar-refractivity contribution is 5.07. The van der Waals surface area contributed by atoms with Crippen molar-refractivity contribution in [1.29, 1.82) is 0 Å². The number of rotatable bonds is 11. The summed E-state index contributed by atoms with van der Waals surface area (Å²) in [6.07, 6.45) is 13.7. The van der Waals surface area contributed by atoms with E-state index in [-0.39, 0.29) is 0 Å². The van der Waals surface area contributed by atoms with Gasteiger partial charge in [-0.3, -0.25) is 0 Å². The summed E-state index contributed by atoms with van der Waals surface area (Å²) in [6.45, 7) is 10.6. The maximum atomic E-state index is 9.37. The molecule has 0 aliphatic carbocycles. The lowest BCUT2D eigenvalue weighted by Crippen LogP contribution is -1.96. The topological polar surface area (TPSA) is 69.0 Å². The maximum absolute atomic E-state index is 9.37. The molecule has 0 aromatic carbocycles. The van der Waals surface area contributed by atoms with Crippen molar-refractivity contribution in [1.82, 2.24) is 0 Å². The molecule has 134 valence electrons. The van der Waals surface area contributed by atoms with Gasteiger partial charge in [0.25, 0.3) is 0 Å². The van der Waals surface area contributed by atoms with Gasteiger partial charge in [0.2, 0.25) is 0 Å². The summed E-state index contributed by atoms with van der Waals surface area (Å²) in [4.78, 5) is 2.58. The molecule has 0 aromatic heterocycles. The van der Waals surface area contributed by atoms with E-state index in [0.29, 0.717) is 0 Å². The third-order valence-electron chi connectivity index (χ3n) is 3.76. The minimum Gasteiger partial charge on any atom is -0.383 e. The van der Waals surface area contributed by atoms with Gasteiger partial charge in [-0.25, -0.2) is 0 Å². The van der Waals surface area contributed by atoms with Crippen molar-refractivity contribution < 1.29 is 5.11 Å². The molecule has 0 saturated carbocycles. The van der Waals surface area contributed by atoms with Gasteiger partial charge in [-0.05, 0) is 78.7 Å². The fourth-order valence-corrected chi connectivity index (χ4v) is 2.31. The van der Waals surface area contributed by atoms with Crippen molar-refractivity contribution in [2.75, 3.05) is 0 Å². The Balaban J connectivity index is 4.11. The summed E-state index contributed by atoms with van der Waals surface area (Å²) in [7, 11) is 0. The summed E-state index contributed by atoms with van der Waals surface area (Å²) >= 11 is 0. The lowest BCUT2D eigenvalue weighted by Gasteiger charge is -2.03. The van der Waals surface area contributed by atoms with E-state index in [4.69, 9.17) is 5.53 Å². The monoisotopic (exact) mass is 331 g/mol. The number of azide groups is 1. The molecule has 0 radical (unpaired) electrons. The maximum Gasteiger partial charge on any atom is 0.151 e. The summed E-state index contributed by atoms with van der Waals surface area (Å²) in [6, 6.07) is 0. The van der Waals surface area contributed by atoms with E-state index in [1.807, 2.05) is 6.92 Å². The molecule has 0 spiro atoms. The number of allylic oxidation sites excluding steroid dienone is 7. The van der Waals surface area contributed by atoms with E-state index in [9.17, 15) is 5.11 Å². The smallest absolute Gasteiger partial charge is 0.151 e. The van der Waals surface area contributed by atoms with Crippen LogP contribution < -0.4 is 0 Å². The molecule has 0 aromatic rings. The van der Waals surface area contributed by atoms with Gasteiger partial charge in [-0.2, -0.15) is 0 Å². The Labute approximate surface area is 147 Å². The molecular formula is C20H33N3O. The van der Waals surface area contributed by atoms with Gasteiger partial charge >= 0.3 is 0 Å². The quantitative estimate of drug-likeness (QED) is 0.193. The fraction of sp³-hybridized carbons (Fsp3) is 0.600. The average molecular weight is 332 g/mol. The predicted octanol–water partition coefficient (Wildman–Crippen LogP) is 6.76. The van der Waals surface area contributed by atoms with Crippen LogP contribution in [0.2, 0.25) is 0 Å². The van der Waals surface area contributed by atoms with Crippen LogP contribution in [0.5, 0.6) is 0 Å². The molecule has 0 aliphatic heterocycles. The largest absolute Gasteiger partial charge is 0.383 e. The average Bonchev–Trinajstić information content (AvgIpc) is 2.46. The second kappa shape index (κ2) is 13.6. The standard InChI is InChI=1S/C20H33N3O/c1-16(2)9-6-10-17(3)11-7-12-18(4)13-8-14-19(5)15-20(24)22-23-21/h9,11,13,15,20,24H,6-8,10,12,14H2,1-5H3/b17-11+,18-13+,19-15+. The Morgan fingerprint density at radius 3 is 1.79 bits per heavy atom. The number of aliphatic hydroxyl groups excluding tert-OH is 1. The first-order valence-electron chi connectivity index (χ1n) is 8.69. The van der Waals surface area contributed by atoms with Crippen LogP contribution in [0.4, 0.5) is 0 Å². The Hall–Kier alpha value is -1.77. The zero-order chi connectivity index (χ0) is 18.4. The number of aliphatic hydroxyl groups is 1. The molecule has 0 rings (SSSR count). The van der Waals surface area contributed by atoms with Crippen LogP contribution in [0.15, 0.2) is 51.7 Å². The Kier molecular flexibility index (Phi) is 12.6. The van der Waals surface area contributed by atoms with Crippen molar-refractivity contribution in [2.45, 2.75) is 79.4 Å². The van der Waals surface area contributed by atoms with Crippen LogP contribution >= 0.6 is 0 Å². The Morgan fingerprint density at radius 2 is 1.33 bits per heavy atom. The summed E-state index contributed by atoms with van der Waals surface area (Å²) in [5, 5.41) is 12.6. The summed E-state index contributed by atoms with van der Waals surface area (Å²) in [5.41, 5.74) is 13.5. The van der Waals surface area contributed by atoms with Gasteiger partial charge in [0, 0.05) is 4.91 Å². The Bertz CT molecular complexity index is 531. The van der Waals surface area contributed by atoms with E-state index in [2.05, 4.69) is 55.9 Å². The van der Waals surface area contributed by atoms with Gasteiger partial charge in [0.15, 0.2) is 6.23 Å². The summed E-state index contributed by atoms with van der Waals surface area (Å²) < 4.78 is 0. The zero-order valence-electron chi connectivity index (χ0n) is 15.9.